The molecule has 0 radical (unpaired) electrons. The molecule has 1 aromatic rings. The van der Waals surface area contributed by atoms with Gasteiger partial charge in [0.05, 0.1) is 0 Å². The molecule has 0 bridgehead atoms. The van der Waals surface area contributed by atoms with Crippen LogP contribution >= 0.6 is 0 Å². The van der Waals surface area contributed by atoms with Crippen LogP contribution in [0.3, 0.4) is 0 Å². The summed E-state index contributed by atoms with van der Waals surface area (Å²) in [6.45, 7) is 2.56. The summed E-state index contributed by atoms with van der Waals surface area (Å²) >= 11 is 0. The molecule has 1 aliphatic rings. The number of aromatic nitrogens is 1. The average Bonchev–Trinajstić information content (AvgIpc) is 2.71. The van der Waals surface area contributed by atoms with Crippen LogP contribution in [0.25, 0.3) is 0 Å². The van der Waals surface area contributed by atoms with Crippen LogP contribution in [-0.4, -0.2) is 48.5 Å². The van der Waals surface area contributed by atoms with Gasteiger partial charge < -0.3 is 15.6 Å². The summed E-state index contributed by atoms with van der Waals surface area (Å²) in [5, 5.41) is 6.06. The van der Waals surface area contributed by atoms with Gasteiger partial charge in [0.15, 0.2) is 0 Å². The van der Waals surface area contributed by atoms with Crippen LogP contribution in [0.15, 0.2) is 18.3 Å². The third-order valence-corrected chi connectivity index (χ3v) is 2.67. The lowest BCUT2D eigenvalue weighted by Crippen LogP contribution is -2.54. The van der Waals surface area contributed by atoms with Crippen LogP contribution in [0.1, 0.15) is 0 Å². The number of H-pyrrole nitrogens is 1. The standard InChI is InChI=1S/C10H16N4O/c1-14-6-5-11-7-8(14)10(15)13-9-3-2-4-12-9/h2-4,8,11-12H,5-7H2,1H3,(H,13,15). The molecule has 0 aromatic carbocycles. The van der Waals surface area contributed by atoms with Gasteiger partial charge in [0, 0.05) is 25.8 Å². The number of piperazine rings is 1. The highest BCUT2D eigenvalue weighted by molar-refractivity contribution is 5.94. The molecule has 82 valence electrons. The lowest BCUT2D eigenvalue weighted by atomic mass is 10.2. The van der Waals surface area contributed by atoms with Crippen molar-refractivity contribution in [3.8, 4) is 0 Å². The zero-order chi connectivity index (χ0) is 10.7. The van der Waals surface area contributed by atoms with Gasteiger partial charge >= 0.3 is 0 Å². The van der Waals surface area contributed by atoms with Gasteiger partial charge in [-0.3, -0.25) is 9.69 Å². The van der Waals surface area contributed by atoms with E-state index in [9.17, 15) is 4.79 Å². The number of rotatable bonds is 2. The molecule has 5 heteroatoms. The molecular weight excluding hydrogens is 192 g/mol. The van der Waals surface area contributed by atoms with E-state index in [4.69, 9.17) is 0 Å². The summed E-state index contributed by atoms with van der Waals surface area (Å²) in [6.07, 6.45) is 1.79. The van der Waals surface area contributed by atoms with Gasteiger partial charge in [-0.1, -0.05) is 0 Å². The number of anilines is 1. The van der Waals surface area contributed by atoms with Gasteiger partial charge in [-0.15, -0.1) is 0 Å². The van der Waals surface area contributed by atoms with Crippen LogP contribution in [0.2, 0.25) is 0 Å². The van der Waals surface area contributed by atoms with Crippen molar-refractivity contribution in [2.45, 2.75) is 6.04 Å². The van der Waals surface area contributed by atoms with E-state index in [0.717, 1.165) is 18.9 Å². The number of aromatic amines is 1. The first-order valence-corrected chi connectivity index (χ1v) is 5.12. The van der Waals surface area contributed by atoms with E-state index in [1.807, 2.05) is 19.2 Å². The molecule has 3 N–H and O–H groups in total. The molecule has 0 saturated carbocycles. The van der Waals surface area contributed by atoms with Gasteiger partial charge in [0.25, 0.3) is 0 Å². The Morgan fingerprint density at radius 3 is 3.20 bits per heavy atom. The quantitative estimate of drug-likeness (QED) is 0.634. The zero-order valence-corrected chi connectivity index (χ0v) is 8.79. The van der Waals surface area contributed by atoms with Gasteiger partial charge in [-0.05, 0) is 19.2 Å². The molecular formula is C10H16N4O. The summed E-state index contributed by atoms with van der Waals surface area (Å²) in [5.74, 6) is 0.783. The van der Waals surface area contributed by atoms with Crippen molar-refractivity contribution in [1.82, 2.24) is 15.2 Å². The molecule has 1 fully saturated rings. The lowest BCUT2D eigenvalue weighted by Gasteiger charge is -2.31. The summed E-state index contributed by atoms with van der Waals surface area (Å²) in [6, 6.07) is 3.62. The summed E-state index contributed by atoms with van der Waals surface area (Å²) < 4.78 is 0. The average molecular weight is 208 g/mol. The molecule has 0 aliphatic carbocycles. The second kappa shape index (κ2) is 4.46. The van der Waals surface area contributed by atoms with E-state index >= 15 is 0 Å². The normalized spacial score (nSPS) is 22.6. The molecule has 15 heavy (non-hydrogen) atoms. The number of carbonyl (C=O) groups is 1. The lowest BCUT2D eigenvalue weighted by molar-refractivity contribution is -0.121. The Balaban J connectivity index is 1.95. The highest BCUT2D eigenvalue weighted by atomic mass is 16.2. The number of hydrogen-bond donors (Lipinski definition) is 3. The first-order valence-electron chi connectivity index (χ1n) is 5.12. The fraction of sp³-hybridized carbons (Fsp3) is 0.500. The maximum atomic E-state index is 11.9. The van der Waals surface area contributed by atoms with Crippen molar-refractivity contribution in [3.05, 3.63) is 18.3 Å². The Morgan fingerprint density at radius 1 is 1.67 bits per heavy atom. The van der Waals surface area contributed by atoms with E-state index < -0.39 is 0 Å². The molecule has 1 aliphatic heterocycles. The number of carbonyl (C=O) groups excluding carboxylic acids is 1. The van der Waals surface area contributed by atoms with Crippen LogP contribution in [0.4, 0.5) is 5.82 Å². The molecule has 1 aromatic heterocycles. The molecule has 1 saturated heterocycles. The smallest absolute Gasteiger partial charge is 0.244 e. The highest BCUT2D eigenvalue weighted by Gasteiger charge is 2.25. The molecule has 1 atom stereocenters. The molecule has 0 spiro atoms. The topological polar surface area (TPSA) is 60.2 Å². The fourth-order valence-corrected chi connectivity index (χ4v) is 1.72. The third kappa shape index (κ3) is 2.37. The van der Waals surface area contributed by atoms with Gasteiger partial charge in [0.1, 0.15) is 11.9 Å². The van der Waals surface area contributed by atoms with E-state index in [-0.39, 0.29) is 11.9 Å². The molecule has 1 amide bonds. The van der Waals surface area contributed by atoms with Crippen molar-refractivity contribution in [1.29, 1.82) is 0 Å². The zero-order valence-electron chi connectivity index (χ0n) is 8.79. The minimum Gasteiger partial charge on any atom is -0.348 e. The Kier molecular flexibility index (Phi) is 3.03. The van der Waals surface area contributed by atoms with Crippen molar-refractivity contribution in [3.63, 3.8) is 0 Å². The molecule has 5 nitrogen and oxygen atoms in total. The Hall–Kier alpha value is -1.33. The van der Waals surface area contributed by atoms with Crippen LogP contribution in [0, 0.1) is 0 Å². The first-order chi connectivity index (χ1) is 7.27. The maximum Gasteiger partial charge on any atom is 0.244 e. The van der Waals surface area contributed by atoms with Crippen molar-refractivity contribution in [2.24, 2.45) is 0 Å². The van der Waals surface area contributed by atoms with Crippen LogP contribution in [0.5, 0.6) is 0 Å². The first kappa shape index (κ1) is 10.2. The van der Waals surface area contributed by atoms with Crippen LogP contribution in [-0.2, 0) is 4.79 Å². The fourth-order valence-electron chi connectivity index (χ4n) is 1.72. The SMILES string of the molecule is CN1CCNCC1C(=O)Nc1ccc[nH]1. The highest BCUT2D eigenvalue weighted by Crippen LogP contribution is 2.06. The predicted octanol–water partition coefficient (Wildman–Crippen LogP) is -0.143. The number of likely N-dealkylation sites (N-methyl/N-ethyl adjacent to an activating group) is 1. The van der Waals surface area contributed by atoms with Crippen molar-refractivity contribution < 1.29 is 4.79 Å². The molecule has 1 unspecified atom stereocenters. The minimum atomic E-state index is -0.0814. The summed E-state index contributed by atoms with van der Waals surface area (Å²) in [4.78, 5) is 16.9. The van der Waals surface area contributed by atoms with Crippen LogP contribution < -0.4 is 10.6 Å². The van der Waals surface area contributed by atoms with Gasteiger partial charge in [0.2, 0.25) is 5.91 Å². The monoisotopic (exact) mass is 208 g/mol. The molecule has 2 heterocycles. The number of nitrogens with one attached hydrogen (secondary N) is 3. The number of amides is 1. The second-order valence-corrected chi connectivity index (χ2v) is 3.77. The van der Waals surface area contributed by atoms with E-state index in [0.29, 0.717) is 6.54 Å². The number of nitrogens with zero attached hydrogens (tertiary/aromatic N) is 1. The van der Waals surface area contributed by atoms with Crippen molar-refractivity contribution >= 4 is 11.7 Å². The summed E-state index contributed by atoms with van der Waals surface area (Å²) in [7, 11) is 1.97. The largest absolute Gasteiger partial charge is 0.348 e. The third-order valence-electron chi connectivity index (χ3n) is 2.67. The van der Waals surface area contributed by atoms with E-state index in [1.165, 1.54) is 0 Å². The Labute approximate surface area is 88.8 Å². The van der Waals surface area contributed by atoms with E-state index in [1.54, 1.807) is 6.20 Å². The number of hydrogen-bond acceptors (Lipinski definition) is 3. The Bertz CT molecular complexity index is 322. The van der Waals surface area contributed by atoms with Gasteiger partial charge in [-0.2, -0.15) is 0 Å². The van der Waals surface area contributed by atoms with E-state index in [2.05, 4.69) is 20.5 Å². The molecule has 2 rings (SSSR count). The summed E-state index contributed by atoms with van der Waals surface area (Å²) in [5.41, 5.74) is 0. The predicted molar refractivity (Wildman–Crippen MR) is 58.7 cm³/mol. The minimum absolute atomic E-state index is 0.0344. The van der Waals surface area contributed by atoms with Gasteiger partial charge in [-0.25, -0.2) is 0 Å². The second-order valence-electron chi connectivity index (χ2n) is 3.77. The maximum absolute atomic E-state index is 11.9. The Morgan fingerprint density at radius 2 is 2.53 bits per heavy atom. The van der Waals surface area contributed by atoms with Crippen molar-refractivity contribution in [2.75, 3.05) is 32.0 Å².